The summed E-state index contributed by atoms with van der Waals surface area (Å²) in [4.78, 5) is 0. The molecule has 0 aliphatic rings. The van der Waals surface area contributed by atoms with Gasteiger partial charge in [-0.1, -0.05) is 18.5 Å². The molecule has 0 atom stereocenters. The minimum Gasteiger partial charge on any atom is -0.363 e. The normalized spacial score (nSPS) is 11.6. The van der Waals surface area contributed by atoms with E-state index in [9.17, 15) is 0 Å². The highest BCUT2D eigenvalue weighted by atomic mass is 35.5. The Labute approximate surface area is 96.2 Å². The van der Waals surface area contributed by atoms with Crippen LogP contribution in [-0.4, -0.2) is 15.7 Å². The van der Waals surface area contributed by atoms with Crippen LogP contribution in [0, 0.1) is 13.8 Å². The van der Waals surface area contributed by atoms with Crippen molar-refractivity contribution < 1.29 is 0 Å². The first-order valence-electron chi connectivity index (χ1n) is 5.15. The first-order valence-corrected chi connectivity index (χ1v) is 5.52. The predicted molar refractivity (Wildman–Crippen MR) is 64.5 cm³/mol. The van der Waals surface area contributed by atoms with Crippen LogP contribution in [0.5, 0.6) is 0 Å². The molecular weight excluding hydrogens is 210 g/mol. The number of nitrogens with one attached hydrogen (secondary N) is 1. The van der Waals surface area contributed by atoms with E-state index in [0.717, 1.165) is 23.4 Å². The van der Waals surface area contributed by atoms with Crippen molar-refractivity contribution >= 4 is 17.4 Å². The first kappa shape index (κ1) is 12.2. The molecule has 1 N–H and O–H groups in total. The van der Waals surface area contributed by atoms with Crippen LogP contribution >= 0.6 is 11.6 Å². The van der Waals surface area contributed by atoms with Gasteiger partial charge in [0.05, 0.1) is 0 Å². The van der Waals surface area contributed by atoms with Crippen molar-refractivity contribution in [2.24, 2.45) is 0 Å². The summed E-state index contributed by atoms with van der Waals surface area (Å²) in [5, 5.41) is 11.8. The standard InChI is InChI=1S/C11H18ClN3/c1-6-11(4,5)13-10-8(3)7(2)9(12)14-15-10/h6H2,1-5H3,(H,13,15). The highest BCUT2D eigenvalue weighted by Crippen LogP contribution is 2.24. The quantitative estimate of drug-likeness (QED) is 0.861. The lowest BCUT2D eigenvalue weighted by Crippen LogP contribution is -2.30. The highest BCUT2D eigenvalue weighted by Gasteiger charge is 2.17. The third kappa shape index (κ3) is 2.81. The van der Waals surface area contributed by atoms with E-state index in [-0.39, 0.29) is 5.54 Å². The van der Waals surface area contributed by atoms with Crippen LogP contribution < -0.4 is 5.32 Å². The molecule has 0 saturated heterocycles. The van der Waals surface area contributed by atoms with Crippen molar-refractivity contribution in [3.63, 3.8) is 0 Å². The Morgan fingerprint density at radius 1 is 1.20 bits per heavy atom. The smallest absolute Gasteiger partial charge is 0.155 e. The molecule has 4 heteroatoms. The number of aromatic nitrogens is 2. The van der Waals surface area contributed by atoms with E-state index in [0.29, 0.717) is 5.15 Å². The maximum atomic E-state index is 5.89. The predicted octanol–water partition coefficient (Wildman–Crippen LogP) is 3.35. The molecule has 0 aliphatic carbocycles. The fourth-order valence-electron chi connectivity index (χ4n) is 1.10. The van der Waals surface area contributed by atoms with E-state index in [2.05, 4.69) is 36.3 Å². The average molecular weight is 228 g/mol. The van der Waals surface area contributed by atoms with Gasteiger partial charge in [0.25, 0.3) is 0 Å². The molecule has 0 spiro atoms. The summed E-state index contributed by atoms with van der Waals surface area (Å²) >= 11 is 5.89. The summed E-state index contributed by atoms with van der Waals surface area (Å²) < 4.78 is 0. The molecule has 0 amide bonds. The molecule has 0 fully saturated rings. The number of rotatable bonds is 3. The van der Waals surface area contributed by atoms with Gasteiger partial charge in [-0.2, -0.15) is 0 Å². The van der Waals surface area contributed by atoms with Crippen molar-refractivity contribution in [3.05, 3.63) is 16.3 Å². The SMILES string of the molecule is CCC(C)(C)Nc1nnc(Cl)c(C)c1C. The second-order valence-electron chi connectivity index (χ2n) is 4.45. The highest BCUT2D eigenvalue weighted by molar-refractivity contribution is 6.30. The summed E-state index contributed by atoms with van der Waals surface area (Å²) in [5.74, 6) is 0.823. The van der Waals surface area contributed by atoms with Crippen LogP contribution in [0.3, 0.4) is 0 Å². The van der Waals surface area contributed by atoms with Gasteiger partial charge < -0.3 is 5.32 Å². The van der Waals surface area contributed by atoms with E-state index in [4.69, 9.17) is 11.6 Å². The molecule has 15 heavy (non-hydrogen) atoms. The molecule has 0 bridgehead atoms. The monoisotopic (exact) mass is 227 g/mol. The van der Waals surface area contributed by atoms with Crippen LogP contribution in [0.25, 0.3) is 0 Å². The van der Waals surface area contributed by atoms with E-state index >= 15 is 0 Å². The molecule has 0 aliphatic heterocycles. The Kier molecular flexibility index (Phi) is 3.55. The van der Waals surface area contributed by atoms with Crippen LogP contribution in [0.4, 0.5) is 5.82 Å². The molecule has 1 aromatic heterocycles. The molecule has 0 aromatic carbocycles. The van der Waals surface area contributed by atoms with E-state index in [1.165, 1.54) is 0 Å². The van der Waals surface area contributed by atoms with Gasteiger partial charge >= 0.3 is 0 Å². The van der Waals surface area contributed by atoms with Crippen molar-refractivity contribution in [1.82, 2.24) is 10.2 Å². The lowest BCUT2D eigenvalue weighted by Gasteiger charge is -2.26. The van der Waals surface area contributed by atoms with Gasteiger partial charge in [-0.05, 0) is 45.2 Å². The second-order valence-corrected chi connectivity index (χ2v) is 4.81. The number of hydrogen-bond donors (Lipinski definition) is 1. The lowest BCUT2D eigenvalue weighted by atomic mass is 10.0. The van der Waals surface area contributed by atoms with Gasteiger partial charge in [-0.15, -0.1) is 10.2 Å². The number of hydrogen-bond acceptors (Lipinski definition) is 3. The minimum absolute atomic E-state index is 0.0275. The van der Waals surface area contributed by atoms with Crippen LogP contribution in [0.1, 0.15) is 38.3 Å². The molecule has 1 aromatic rings. The van der Waals surface area contributed by atoms with Crippen LogP contribution in [0.2, 0.25) is 5.15 Å². The lowest BCUT2D eigenvalue weighted by molar-refractivity contribution is 0.543. The van der Waals surface area contributed by atoms with E-state index < -0.39 is 0 Å². The largest absolute Gasteiger partial charge is 0.363 e. The third-order valence-electron chi connectivity index (χ3n) is 2.81. The maximum absolute atomic E-state index is 5.89. The first-order chi connectivity index (χ1) is 6.87. The Hall–Kier alpha value is -0.830. The second kappa shape index (κ2) is 4.35. The van der Waals surface area contributed by atoms with Crippen LogP contribution in [0.15, 0.2) is 0 Å². The van der Waals surface area contributed by atoms with Crippen LogP contribution in [-0.2, 0) is 0 Å². The van der Waals surface area contributed by atoms with Gasteiger partial charge in [-0.3, -0.25) is 0 Å². The molecular formula is C11H18ClN3. The maximum Gasteiger partial charge on any atom is 0.155 e. The summed E-state index contributed by atoms with van der Waals surface area (Å²) in [6.07, 6.45) is 1.02. The Morgan fingerprint density at radius 3 is 2.33 bits per heavy atom. The molecule has 0 saturated carbocycles. The number of nitrogens with zero attached hydrogens (tertiary/aromatic N) is 2. The fourth-order valence-corrected chi connectivity index (χ4v) is 1.28. The molecule has 1 rings (SSSR count). The molecule has 84 valence electrons. The van der Waals surface area contributed by atoms with Crippen molar-refractivity contribution in [2.45, 2.75) is 46.6 Å². The van der Waals surface area contributed by atoms with E-state index in [1.54, 1.807) is 0 Å². The number of halogens is 1. The Bertz CT molecular complexity index is 361. The molecule has 0 unspecified atom stereocenters. The third-order valence-corrected chi connectivity index (χ3v) is 3.16. The van der Waals surface area contributed by atoms with Crippen molar-refractivity contribution in [3.8, 4) is 0 Å². The summed E-state index contributed by atoms with van der Waals surface area (Å²) in [6.45, 7) is 10.4. The molecule has 1 heterocycles. The Balaban J connectivity index is 3.02. The zero-order valence-electron chi connectivity index (χ0n) is 9.98. The van der Waals surface area contributed by atoms with Gasteiger partial charge in [-0.25, -0.2) is 0 Å². The average Bonchev–Trinajstić information content (AvgIpc) is 2.19. The minimum atomic E-state index is 0.0275. The summed E-state index contributed by atoms with van der Waals surface area (Å²) in [6, 6.07) is 0. The zero-order valence-corrected chi connectivity index (χ0v) is 10.7. The molecule has 3 nitrogen and oxygen atoms in total. The zero-order chi connectivity index (χ0) is 11.6. The van der Waals surface area contributed by atoms with E-state index in [1.807, 2.05) is 13.8 Å². The van der Waals surface area contributed by atoms with Gasteiger partial charge in [0.1, 0.15) is 0 Å². The van der Waals surface area contributed by atoms with Crippen molar-refractivity contribution in [1.29, 1.82) is 0 Å². The van der Waals surface area contributed by atoms with Gasteiger partial charge in [0.15, 0.2) is 11.0 Å². The molecule has 0 radical (unpaired) electrons. The number of anilines is 1. The summed E-state index contributed by atoms with van der Waals surface area (Å²) in [7, 11) is 0. The van der Waals surface area contributed by atoms with Gasteiger partial charge in [0.2, 0.25) is 0 Å². The Morgan fingerprint density at radius 2 is 1.80 bits per heavy atom. The van der Waals surface area contributed by atoms with Crippen molar-refractivity contribution in [2.75, 3.05) is 5.32 Å². The topological polar surface area (TPSA) is 37.8 Å². The van der Waals surface area contributed by atoms with Gasteiger partial charge in [0, 0.05) is 5.54 Å². The summed E-state index contributed by atoms with van der Waals surface area (Å²) in [5.41, 5.74) is 2.08. The fraction of sp³-hybridized carbons (Fsp3) is 0.636.